The van der Waals surface area contributed by atoms with Crippen molar-refractivity contribution in [2.24, 2.45) is 0 Å². The van der Waals surface area contributed by atoms with Crippen molar-refractivity contribution in [1.82, 2.24) is 20.6 Å². The lowest BCUT2D eigenvalue weighted by atomic mass is 9.71. The van der Waals surface area contributed by atoms with E-state index in [0.717, 1.165) is 52.7 Å². The van der Waals surface area contributed by atoms with Crippen LogP contribution in [0.3, 0.4) is 0 Å². The molecular formula is C30H34N4O3S. The Balaban J connectivity index is 1.39. The second kappa shape index (κ2) is 11.0. The van der Waals surface area contributed by atoms with Gasteiger partial charge in [-0.1, -0.05) is 43.5 Å². The highest BCUT2D eigenvalue weighted by atomic mass is 32.1. The summed E-state index contributed by atoms with van der Waals surface area (Å²) in [6.07, 6.45) is 8.71. The number of nitrogens with one attached hydrogen (secondary N) is 3. The number of aromatic amines is 1. The number of hydrogen-bond donors (Lipinski definition) is 3. The number of pyridine rings is 1. The lowest BCUT2D eigenvalue weighted by molar-refractivity contribution is -0.127. The fraction of sp³-hybridized carbons (Fsp3) is 0.367. The van der Waals surface area contributed by atoms with Gasteiger partial charge in [-0.2, -0.15) is 0 Å². The summed E-state index contributed by atoms with van der Waals surface area (Å²) in [6.45, 7) is 4.18. The summed E-state index contributed by atoms with van der Waals surface area (Å²) >= 11 is 1.39. The largest absolute Gasteiger partial charge is 0.414 e. The van der Waals surface area contributed by atoms with E-state index in [1.54, 1.807) is 13.0 Å². The van der Waals surface area contributed by atoms with Crippen LogP contribution in [0, 0.1) is 6.92 Å². The van der Waals surface area contributed by atoms with E-state index in [0.29, 0.717) is 18.0 Å². The minimum atomic E-state index is -1.24. The summed E-state index contributed by atoms with van der Waals surface area (Å²) < 4.78 is 5.54. The molecule has 0 bridgehead atoms. The molecule has 8 heteroatoms. The molecule has 3 heterocycles. The first-order valence-corrected chi connectivity index (χ1v) is 14.0. The molecule has 7 nitrogen and oxygen atoms in total. The van der Waals surface area contributed by atoms with Crippen LogP contribution in [-0.4, -0.2) is 34.1 Å². The van der Waals surface area contributed by atoms with Gasteiger partial charge in [0.05, 0.1) is 0 Å². The molecule has 0 saturated heterocycles. The molecule has 0 unspecified atom stereocenters. The Hall–Kier alpha value is -3.65. The van der Waals surface area contributed by atoms with E-state index in [2.05, 4.69) is 26.7 Å². The van der Waals surface area contributed by atoms with Gasteiger partial charge in [-0.25, -0.2) is 4.79 Å². The average molecular weight is 531 g/mol. The predicted molar refractivity (Wildman–Crippen MR) is 151 cm³/mol. The Morgan fingerprint density at radius 1 is 1.08 bits per heavy atom. The van der Waals surface area contributed by atoms with Crippen molar-refractivity contribution in [3.05, 3.63) is 83.1 Å². The topological polar surface area (TPSA) is 96.1 Å². The average Bonchev–Trinajstić information content (AvgIpc) is 3.53. The van der Waals surface area contributed by atoms with Crippen LogP contribution in [0.15, 0.2) is 67.0 Å². The highest BCUT2D eigenvalue weighted by molar-refractivity contribution is 7.13. The quantitative estimate of drug-likeness (QED) is 0.259. The monoisotopic (exact) mass is 530 g/mol. The van der Waals surface area contributed by atoms with Crippen molar-refractivity contribution < 1.29 is 14.3 Å². The molecule has 4 aromatic rings. The van der Waals surface area contributed by atoms with E-state index in [9.17, 15) is 9.59 Å². The number of carbonyl (C=O) groups is 2. The SMILES string of the molecule is Cc1ccc(OC(=O)N[C@@](C)(Cc2c[nH]c3ccccc23)C(=O)NCC2(c3ccccn3)CCCCC2)s1. The van der Waals surface area contributed by atoms with E-state index in [1.807, 2.05) is 61.8 Å². The minimum Gasteiger partial charge on any atom is -0.399 e. The number of fused-ring (bicyclic) bond motifs is 1. The second-order valence-electron chi connectivity index (χ2n) is 10.5. The molecule has 0 aliphatic heterocycles. The molecule has 1 saturated carbocycles. The van der Waals surface area contributed by atoms with Crippen LogP contribution in [0.1, 0.15) is 55.2 Å². The van der Waals surface area contributed by atoms with Crippen molar-refractivity contribution in [3.63, 3.8) is 0 Å². The molecule has 1 aliphatic rings. The number of aryl methyl sites for hydroxylation is 1. The van der Waals surface area contributed by atoms with Crippen molar-refractivity contribution in [1.29, 1.82) is 0 Å². The van der Waals surface area contributed by atoms with E-state index < -0.39 is 11.6 Å². The van der Waals surface area contributed by atoms with Gasteiger partial charge < -0.3 is 20.4 Å². The van der Waals surface area contributed by atoms with Crippen LogP contribution in [0.5, 0.6) is 5.06 Å². The Labute approximate surface area is 227 Å². The lowest BCUT2D eigenvalue weighted by Crippen LogP contribution is -2.60. The first-order chi connectivity index (χ1) is 18.4. The molecule has 1 aromatic carbocycles. The Morgan fingerprint density at radius 3 is 2.61 bits per heavy atom. The molecule has 0 radical (unpaired) electrons. The van der Waals surface area contributed by atoms with E-state index >= 15 is 0 Å². The van der Waals surface area contributed by atoms with E-state index in [1.165, 1.54) is 17.8 Å². The third-order valence-electron chi connectivity index (χ3n) is 7.61. The summed E-state index contributed by atoms with van der Waals surface area (Å²) in [6, 6.07) is 17.6. The van der Waals surface area contributed by atoms with Crippen LogP contribution in [0.4, 0.5) is 4.79 Å². The standard InChI is InChI=1S/C30H34N4O3S/c1-21-13-14-26(38-21)37-28(36)34-29(2,18-22-19-32-24-11-5-4-10-23(22)24)27(35)33-20-30(15-7-3-8-16-30)25-12-6-9-17-31-25/h4-6,9-14,17,19,32H,3,7-8,15-16,18,20H2,1-2H3,(H,33,35)(H,34,36)/t29-/m0/s1. The van der Waals surface area contributed by atoms with E-state index in [4.69, 9.17) is 4.74 Å². The van der Waals surface area contributed by atoms with Gasteiger partial charge in [-0.3, -0.25) is 9.78 Å². The number of rotatable bonds is 8. The molecule has 38 heavy (non-hydrogen) atoms. The molecule has 3 aromatic heterocycles. The number of nitrogens with zero attached hydrogens (tertiary/aromatic N) is 1. The number of benzene rings is 1. The Morgan fingerprint density at radius 2 is 1.87 bits per heavy atom. The molecule has 1 atom stereocenters. The summed E-state index contributed by atoms with van der Waals surface area (Å²) in [5, 5.41) is 7.62. The molecule has 5 rings (SSSR count). The van der Waals surface area contributed by atoms with Gasteiger partial charge in [-0.15, -0.1) is 11.3 Å². The number of amides is 2. The second-order valence-corrected chi connectivity index (χ2v) is 11.7. The number of thiophene rings is 1. The normalized spacial score (nSPS) is 16.5. The van der Waals surface area contributed by atoms with Gasteiger partial charge in [-0.05, 0) is 62.6 Å². The number of hydrogen-bond acceptors (Lipinski definition) is 5. The van der Waals surface area contributed by atoms with Crippen LogP contribution in [0.25, 0.3) is 10.9 Å². The number of ether oxygens (including phenoxy) is 1. The zero-order chi connectivity index (χ0) is 26.6. The first kappa shape index (κ1) is 26.0. The number of aromatic nitrogens is 2. The van der Waals surface area contributed by atoms with Crippen LogP contribution < -0.4 is 15.4 Å². The van der Waals surface area contributed by atoms with Crippen LogP contribution >= 0.6 is 11.3 Å². The fourth-order valence-electron chi connectivity index (χ4n) is 5.52. The Kier molecular flexibility index (Phi) is 7.51. The van der Waals surface area contributed by atoms with Gasteiger partial charge >= 0.3 is 6.09 Å². The maximum absolute atomic E-state index is 13.9. The summed E-state index contributed by atoms with van der Waals surface area (Å²) in [5.41, 5.74) is 1.49. The first-order valence-electron chi connectivity index (χ1n) is 13.2. The van der Waals surface area contributed by atoms with Gasteiger partial charge in [0.1, 0.15) is 5.54 Å². The zero-order valence-corrected chi connectivity index (χ0v) is 22.7. The highest BCUT2D eigenvalue weighted by Crippen LogP contribution is 2.38. The third-order valence-corrected chi connectivity index (χ3v) is 8.49. The molecule has 0 spiro atoms. The van der Waals surface area contributed by atoms with Crippen LogP contribution in [0.2, 0.25) is 0 Å². The molecule has 2 amide bonds. The molecule has 3 N–H and O–H groups in total. The van der Waals surface area contributed by atoms with Crippen molar-refractivity contribution in [2.45, 2.75) is 63.3 Å². The van der Waals surface area contributed by atoms with Gasteiger partial charge in [0.15, 0.2) is 5.06 Å². The molecule has 198 valence electrons. The highest BCUT2D eigenvalue weighted by Gasteiger charge is 2.40. The van der Waals surface area contributed by atoms with Crippen molar-refractivity contribution >= 4 is 34.2 Å². The lowest BCUT2D eigenvalue weighted by Gasteiger charge is -2.38. The maximum Gasteiger partial charge on any atom is 0.414 e. The Bertz CT molecular complexity index is 1410. The van der Waals surface area contributed by atoms with E-state index in [-0.39, 0.29) is 11.3 Å². The van der Waals surface area contributed by atoms with Gasteiger partial charge in [0.2, 0.25) is 5.91 Å². The van der Waals surface area contributed by atoms with Crippen LogP contribution in [-0.2, 0) is 16.6 Å². The number of para-hydroxylation sites is 1. The summed E-state index contributed by atoms with van der Waals surface area (Å²) in [4.78, 5) is 35.9. The summed E-state index contributed by atoms with van der Waals surface area (Å²) in [5.74, 6) is -0.247. The minimum absolute atomic E-state index is 0.216. The predicted octanol–water partition coefficient (Wildman–Crippen LogP) is 6.04. The van der Waals surface area contributed by atoms with Gasteiger partial charge in [0.25, 0.3) is 0 Å². The van der Waals surface area contributed by atoms with Crippen molar-refractivity contribution in [3.8, 4) is 5.06 Å². The van der Waals surface area contributed by atoms with Gasteiger partial charge in [0, 0.05) is 52.2 Å². The molecule has 1 aliphatic carbocycles. The maximum atomic E-state index is 13.9. The zero-order valence-electron chi connectivity index (χ0n) is 21.9. The third kappa shape index (κ3) is 5.60. The summed E-state index contributed by atoms with van der Waals surface area (Å²) in [7, 11) is 0. The molecule has 1 fully saturated rings. The number of H-pyrrole nitrogens is 1. The fourth-order valence-corrected chi connectivity index (χ4v) is 6.23. The molecular weight excluding hydrogens is 496 g/mol. The number of carbonyl (C=O) groups excluding carboxylic acids is 2. The smallest absolute Gasteiger partial charge is 0.399 e. The van der Waals surface area contributed by atoms with Crippen molar-refractivity contribution in [2.75, 3.05) is 6.54 Å².